The van der Waals surface area contributed by atoms with Crippen molar-refractivity contribution in [3.63, 3.8) is 0 Å². The zero-order chi connectivity index (χ0) is 16.1. The Bertz CT molecular complexity index is 676. The summed E-state index contributed by atoms with van der Waals surface area (Å²) in [5, 5.41) is 5.72. The number of carbonyl (C=O) groups excluding carboxylic acids is 1. The number of nitrogens with one attached hydrogen (secondary N) is 2. The maximum Gasteiger partial charge on any atom is 0.270 e. The van der Waals surface area contributed by atoms with Crippen molar-refractivity contribution in [2.24, 2.45) is 0 Å². The van der Waals surface area contributed by atoms with Crippen molar-refractivity contribution in [3.8, 4) is 0 Å². The standard InChI is InChI=1S/C16H17F2N3O/c1-3-10(2)20-16(22)15-9-12(6-7-19-15)21-11-4-5-13(17)14(18)8-11/h4-10H,3H2,1-2H3,(H,19,21)(H,20,22). The third-order valence-corrected chi connectivity index (χ3v) is 3.19. The number of nitrogens with zero attached hydrogens (tertiary/aromatic N) is 1. The average Bonchev–Trinajstić information content (AvgIpc) is 2.51. The van der Waals surface area contributed by atoms with Crippen LogP contribution in [0.15, 0.2) is 36.5 Å². The molecule has 1 heterocycles. The average molecular weight is 305 g/mol. The Morgan fingerprint density at radius 3 is 2.59 bits per heavy atom. The normalized spacial score (nSPS) is 11.8. The minimum atomic E-state index is -0.936. The summed E-state index contributed by atoms with van der Waals surface area (Å²) in [6.07, 6.45) is 2.30. The van der Waals surface area contributed by atoms with Gasteiger partial charge < -0.3 is 10.6 Å². The first-order valence-corrected chi connectivity index (χ1v) is 6.98. The summed E-state index contributed by atoms with van der Waals surface area (Å²) in [5.74, 6) is -2.12. The van der Waals surface area contributed by atoms with Crippen molar-refractivity contribution in [2.75, 3.05) is 5.32 Å². The molecule has 2 aromatic rings. The molecule has 0 aliphatic heterocycles. The fourth-order valence-corrected chi connectivity index (χ4v) is 1.77. The maximum atomic E-state index is 13.2. The highest BCUT2D eigenvalue weighted by Crippen LogP contribution is 2.19. The van der Waals surface area contributed by atoms with E-state index in [0.29, 0.717) is 11.4 Å². The van der Waals surface area contributed by atoms with Crippen LogP contribution in [0.2, 0.25) is 0 Å². The van der Waals surface area contributed by atoms with Gasteiger partial charge in [-0.15, -0.1) is 0 Å². The number of halogens is 2. The van der Waals surface area contributed by atoms with Gasteiger partial charge in [0.1, 0.15) is 5.69 Å². The fraction of sp³-hybridized carbons (Fsp3) is 0.250. The molecule has 1 amide bonds. The highest BCUT2D eigenvalue weighted by atomic mass is 19.2. The van der Waals surface area contributed by atoms with Crippen molar-refractivity contribution in [1.29, 1.82) is 0 Å². The van der Waals surface area contributed by atoms with Gasteiger partial charge in [-0.2, -0.15) is 0 Å². The molecule has 1 aromatic carbocycles. The lowest BCUT2D eigenvalue weighted by Gasteiger charge is -2.12. The number of pyridine rings is 1. The zero-order valence-electron chi connectivity index (χ0n) is 12.4. The van der Waals surface area contributed by atoms with Gasteiger partial charge in [-0.1, -0.05) is 6.92 Å². The van der Waals surface area contributed by atoms with E-state index in [2.05, 4.69) is 15.6 Å². The van der Waals surface area contributed by atoms with E-state index in [0.717, 1.165) is 18.6 Å². The molecule has 2 rings (SSSR count). The van der Waals surface area contributed by atoms with E-state index in [4.69, 9.17) is 0 Å². The molecule has 1 aromatic heterocycles. The Balaban J connectivity index is 2.14. The van der Waals surface area contributed by atoms with E-state index >= 15 is 0 Å². The molecule has 0 aliphatic rings. The number of carbonyl (C=O) groups is 1. The Morgan fingerprint density at radius 1 is 1.18 bits per heavy atom. The summed E-state index contributed by atoms with van der Waals surface area (Å²) in [5.41, 5.74) is 1.21. The van der Waals surface area contributed by atoms with Crippen LogP contribution in [0.4, 0.5) is 20.2 Å². The summed E-state index contributed by atoms with van der Waals surface area (Å²) >= 11 is 0. The predicted octanol–water partition coefficient (Wildman–Crippen LogP) is 3.63. The van der Waals surface area contributed by atoms with Crippen LogP contribution in [-0.2, 0) is 0 Å². The monoisotopic (exact) mass is 305 g/mol. The highest BCUT2D eigenvalue weighted by molar-refractivity contribution is 5.93. The minimum absolute atomic E-state index is 0.0529. The number of benzene rings is 1. The smallest absolute Gasteiger partial charge is 0.270 e. The summed E-state index contributed by atoms with van der Waals surface area (Å²) in [4.78, 5) is 16.0. The summed E-state index contributed by atoms with van der Waals surface area (Å²) in [6.45, 7) is 3.88. The Kier molecular flexibility index (Phi) is 5.04. The second kappa shape index (κ2) is 6.98. The minimum Gasteiger partial charge on any atom is -0.355 e. The van der Waals surface area contributed by atoms with E-state index in [1.165, 1.54) is 12.3 Å². The van der Waals surface area contributed by atoms with Crippen molar-refractivity contribution in [3.05, 3.63) is 53.9 Å². The molecule has 0 aliphatic carbocycles. The van der Waals surface area contributed by atoms with E-state index in [9.17, 15) is 13.6 Å². The van der Waals surface area contributed by atoms with Crippen LogP contribution in [0.1, 0.15) is 30.8 Å². The number of anilines is 2. The lowest BCUT2D eigenvalue weighted by atomic mass is 10.2. The number of aromatic nitrogens is 1. The first-order valence-electron chi connectivity index (χ1n) is 6.98. The highest BCUT2D eigenvalue weighted by Gasteiger charge is 2.11. The van der Waals surface area contributed by atoms with Gasteiger partial charge in [0.25, 0.3) is 5.91 Å². The van der Waals surface area contributed by atoms with Crippen LogP contribution in [0, 0.1) is 11.6 Å². The van der Waals surface area contributed by atoms with E-state index < -0.39 is 11.6 Å². The number of amides is 1. The topological polar surface area (TPSA) is 54.0 Å². The van der Waals surface area contributed by atoms with Crippen LogP contribution < -0.4 is 10.6 Å². The molecule has 0 spiro atoms. The zero-order valence-corrected chi connectivity index (χ0v) is 12.4. The maximum absolute atomic E-state index is 13.2. The van der Waals surface area contributed by atoms with Gasteiger partial charge in [-0.3, -0.25) is 9.78 Å². The molecule has 116 valence electrons. The van der Waals surface area contributed by atoms with Gasteiger partial charge in [0, 0.05) is 29.7 Å². The third-order valence-electron chi connectivity index (χ3n) is 3.19. The number of hydrogen-bond donors (Lipinski definition) is 2. The molecular weight excluding hydrogens is 288 g/mol. The molecule has 0 bridgehead atoms. The quantitative estimate of drug-likeness (QED) is 0.887. The van der Waals surface area contributed by atoms with Crippen LogP contribution in [0.5, 0.6) is 0 Å². The Labute approximate surface area is 127 Å². The number of hydrogen-bond acceptors (Lipinski definition) is 3. The van der Waals surface area contributed by atoms with Crippen LogP contribution in [-0.4, -0.2) is 16.9 Å². The van der Waals surface area contributed by atoms with Crippen molar-refractivity contribution in [1.82, 2.24) is 10.3 Å². The van der Waals surface area contributed by atoms with Gasteiger partial charge in [-0.25, -0.2) is 8.78 Å². The molecule has 0 radical (unpaired) electrons. The summed E-state index contributed by atoms with van der Waals surface area (Å²) in [7, 11) is 0. The van der Waals surface area contributed by atoms with Crippen LogP contribution >= 0.6 is 0 Å². The molecule has 1 unspecified atom stereocenters. The van der Waals surface area contributed by atoms with Crippen LogP contribution in [0.3, 0.4) is 0 Å². The first kappa shape index (κ1) is 15.9. The largest absolute Gasteiger partial charge is 0.355 e. The molecule has 1 atom stereocenters. The molecule has 0 fully saturated rings. The predicted molar refractivity (Wildman–Crippen MR) is 81.1 cm³/mol. The first-order chi connectivity index (χ1) is 10.5. The molecule has 2 N–H and O–H groups in total. The van der Waals surface area contributed by atoms with Crippen molar-refractivity contribution < 1.29 is 13.6 Å². The molecule has 6 heteroatoms. The lowest BCUT2D eigenvalue weighted by Crippen LogP contribution is -2.32. The van der Waals surface area contributed by atoms with E-state index in [-0.39, 0.29) is 17.6 Å². The van der Waals surface area contributed by atoms with Gasteiger partial charge in [0.05, 0.1) is 0 Å². The van der Waals surface area contributed by atoms with Crippen LogP contribution in [0.25, 0.3) is 0 Å². The van der Waals surface area contributed by atoms with E-state index in [1.807, 2.05) is 13.8 Å². The van der Waals surface area contributed by atoms with Crippen molar-refractivity contribution in [2.45, 2.75) is 26.3 Å². The van der Waals surface area contributed by atoms with Gasteiger partial charge >= 0.3 is 0 Å². The molecule has 0 saturated heterocycles. The van der Waals surface area contributed by atoms with Gasteiger partial charge in [-0.05, 0) is 37.6 Å². The summed E-state index contributed by atoms with van der Waals surface area (Å²) in [6, 6.07) is 6.75. The van der Waals surface area contributed by atoms with Gasteiger partial charge in [0.15, 0.2) is 11.6 Å². The van der Waals surface area contributed by atoms with Gasteiger partial charge in [0.2, 0.25) is 0 Å². The molecule has 0 saturated carbocycles. The molecule has 22 heavy (non-hydrogen) atoms. The molecular formula is C16H17F2N3O. The Morgan fingerprint density at radius 2 is 1.91 bits per heavy atom. The lowest BCUT2D eigenvalue weighted by molar-refractivity contribution is 0.0934. The summed E-state index contributed by atoms with van der Waals surface area (Å²) < 4.78 is 26.1. The fourth-order valence-electron chi connectivity index (χ4n) is 1.77. The van der Waals surface area contributed by atoms with E-state index in [1.54, 1.807) is 12.1 Å². The second-order valence-electron chi connectivity index (χ2n) is 4.97. The SMILES string of the molecule is CCC(C)NC(=O)c1cc(Nc2ccc(F)c(F)c2)ccn1. The van der Waals surface area contributed by atoms with Crippen molar-refractivity contribution >= 4 is 17.3 Å². The second-order valence-corrected chi connectivity index (χ2v) is 4.97. The number of rotatable bonds is 5. The third kappa shape index (κ3) is 4.00. The Hall–Kier alpha value is -2.50. The molecule has 4 nitrogen and oxygen atoms in total.